The quantitative estimate of drug-likeness (QED) is 0.327. The van der Waals surface area contributed by atoms with Gasteiger partial charge in [0.25, 0.3) is 0 Å². The molecule has 0 radical (unpaired) electrons. The number of benzene rings is 2. The van der Waals surface area contributed by atoms with Crippen molar-refractivity contribution in [3.63, 3.8) is 0 Å². The van der Waals surface area contributed by atoms with E-state index in [-0.39, 0.29) is 33.5 Å². The largest absolute Gasteiger partial charge is 0.390 e. The smallest absolute Gasteiger partial charge is 0.237 e. The van der Waals surface area contributed by atoms with Gasteiger partial charge in [-0.2, -0.15) is 0 Å². The van der Waals surface area contributed by atoms with E-state index in [1.54, 1.807) is 6.07 Å². The van der Waals surface area contributed by atoms with E-state index in [1.807, 2.05) is 20.8 Å². The number of carbonyl (C=O) groups excluding carboxylic acids is 2. The molecule has 2 aliphatic heterocycles. The fourth-order valence-corrected chi connectivity index (χ4v) is 7.35. The number of rotatable bonds is 6. The number of hydrogen-bond acceptors (Lipinski definition) is 5. The number of aliphatic hydroxyl groups excluding tert-OH is 2. The van der Waals surface area contributed by atoms with Gasteiger partial charge >= 0.3 is 0 Å². The minimum absolute atomic E-state index is 0.0400. The Balaban J connectivity index is 1.59. The number of aliphatic hydroxyl groups is 2. The Morgan fingerprint density at radius 3 is 2.46 bits per heavy atom. The molecule has 41 heavy (non-hydrogen) atoms. The van der Waals surface area contributed by atoms with Crippen molar-refractivity contribution in [3.05, 3.63) is 63.1 Å². The monoisotopic (exact) mass is 609 g/mol. The molecule has 1 saturated heterocycles. The van der Waals surface area contributed by atoms with Crippen molar-refractivity contribution in [1.29, 1.82) is 0 Å². The molecule has 2 aromatic carbocycles. The van der Waals surface area contributed by atoms with Crippen LogP contribution in [-0.4, -0.2) is 52.9 Å². The normalized spacial score (nSPS) is 29.7. The van der Waals surface area contributed by atoms with Crippen molar-refractivity contribution in [2.45, 2.75) is 82.1 Å². The van der Waals surface area contributed by atoms with Crippen LogP contribution in [0.15, 0.2) is 30.3 Å². The molecule has 1 spiro atoms. The second kappa shape index (κ2) is 11.1. The van der Waals surface area contributed by atoms with E-state index in [4.69, 9.17) is 23.2 Å². The molecule has 2 amide bonds. The van der Waals surface area contributed by atoms with Crippen molar-refractivity contribution in [3.8, 4) is 0 Å². The summed E-state index contributed by atoms with van der Waals surface area (Å²) in [6.07, 6.45) is 0.260. The van der Waals surface area contributed by atoms with Gasteiger partial charge in [-0.05, 0) is 66.3 Å². The number of nitrogens with one attached hydrogen (secondary N) is 3. The van der Waals surface area contributed by atoms with Gasteiger partial charge in [-0.3, -0.25) is 9.59 Å². The summed E-state index contributed by atoms with van der Waals surface area (Å²) in [4.78, 5) is 28.0. The zero-order valence-corrected chi connectivity index (χ0v) is 24.6. The van der Waals surface area contributed by atoms with Crippen LogP contribution < -0.4 is 16.0 Å². The zero-order chi connectivity index (χ0) is 29.9. The maximum Gasteiger partial charge on any atom is 0.237 e. The second-order valence-electron chi connectivity index (χ2n) is 12.8. The van der Waals surface area contributed by atoms with E-state index in [0.29, 0.717) is 36.9 Å². The first-order chi connectivity index (χ1) is 19.2. The number of fused-ring (bicyclic) bond motifs is 2. The van der Waals surface area contributed by atoms with Crippen molar-refractivity contribution >= 4 is 40.7 Å². The number of hydrogen-bond donors (Lipinski definition) is 5. The van der Waals surface area contributed by atoms with Crippen LogP contribution in [0.25, 0.3) is 0 Å². The molecule has 6 atom stereocenters. The van der Waals surface area contributed by atoms with E-state index in [2.05, 4.69) is 16.0 Å². The Bertz CT molecular complexity index is 1360. The molecule has 1 saturated carbocycles. The standard InChI is InChI=1S/C30H35Cl2F2N3O4/c1-29(2,3)13-23-30(16-11-19(33)18(32)12-20(16)36-28(30)41)24(15-5-4-6-17(31)25(15)34)26(37-23)27(40)35-8-7-14-9-21(38)22(39)10-14/h4-6,11-12,14,21-24,26,37-39H,7-10,13H2,1-3H3,(H,35,40)(H,36,41)/t21-,22-,23+,24-,26+,30-/m0/s1. The summed E-state index contributed by atoms with van der Waals surface area (Å²) in [5.41, 5.74) is -1.19. The van der Waals surface area contributed by atoms with Crippen molar-refractivity contribution in [1.82, 2.24) is 10.6 Å². The van der Waals surface area contributed by atoms with Crippen molar-refractivity contribution < 1.29 is 28.6 Å². The van der Waals surface area contributed by atoms with Crippen LogP contribution in [0, 0.1) is 23.0 Å². The number of carbonyl (C=O) groups is 2. The summed E-state index contributed by atoms with van der Waals surface area (Å²) >= 11 is 12.3. The fraction of sp³-hybridized carbons (Fsp3) is 0.533. The maximum atomic E-state index is 15.8. The Morgan fingerprint density at radius 2 is 1.80 bits per heavy atom. The molecule has 2 aromatic rings. The molecule has 222 valence electrons. The van der Waals surface area contributed by atoms with E-state index >= 15 is 4.39 Å². The Labute approximate surface area is 248 Å². The van der Waals surface area contributed by atoms with Gasteiger partial charge in [-0.25, -0.2) is 8.78 Å². The molecule has 7 nitrogen and oxygen atoms in total. The molecule has 3 aliphatic rings. The summed E-state index contributed by atoms with van der Waals surface area (Å²) in [7, 11) is 0. The summed E-state index contributed by atoms with van der Waals surface area (Å²) in [6.45, 7) is 6.23. The molecule has 0 unspecified atom stereocenters. The van der Waals surface area contributed by atoms with Crippen molar-refractivity contribution in [2.24, 2.45) is 11.3 Å². The lowest BCUT2D eigenvalue weighted by atomic mass is 9.62. The average Bonchev–Trinajstić information content (AvgIpc) is 3.47. The molecule has 2 heterocycles. The van der Waals surface area contributed by atoms with E-state index < -0.39 is 59.1 Å². The Morgan fingerprint density at radius 1 is 1.12 bits per heavy atom. The van der Waals surface area contributed by atoms with Gasteiger partial charge in [0.15, 0.2) is 0 Å². The third-order valence-corrected chi connectivity index (χ3v) is 9.33. The van der Waals surface area contributed by atoms with E-state index in [0.717, 1.165) is 0 Å². The summed E-state index contributed by atoms with van der Waals surface area (Å²) in [5, 5.41) is 28.5. The summed E-state index contributed by atoms with van der Waals surface area (Å²) in [6, 6.07) is 5.27. The number of anilines is 1. The highest BCUT2D eigenvalue weighted by Crippen LogP contribution is 2.57. The summed E-state index contributed by atoms with van der Waals surface area (Å²) < 4.78 is 30.8. The predicted molar refractivity (Wildman–Crippen MR) is 153 cm³/mol. The van der Waals surface area contributed by atoms with Crippen LogP contribution >= 0.6 is 23.2 Å². The molecular formula is C30H35Cl2F2N3O4. The maximum absolute atomic E-state index is 15.8. The topological polar surface area (TPSA) is 111 Å². The third-order valence-electron chi connectivity index (χ3n) is 8.75. The molecule has 2 fully saturated rings. The fourth-order valence-electron chi connectivity index (χ4n) is 7.00. The first-order valence-electron chi connectivity index (χ1n) is 13.9. The highest BCUT2D eigenvalue weighted by atomic mass is 35.5. The minimum atomic E-state index is -1.55. The second-order valence-corrected chi connectivity index (χ2v) is 13.6. The van der Waals surface area contributed by atoms with Crippen LogP contribution in [0.5, 0.6) is 0 Å². The molecule has 1 aliphatic carbocycles. The molecule has 0 bridgehead atoms. The zero-order valence-electron chi connectivity index (χ0n) is 23.1. The van der Waals surface area contributed by atoms with Gasteiger partial charge in [-0.15, -0.1) is 0 Å². The minimum Gasteiger partial charge on any atom is -0.390 e. The van der Waals surface area contributed by atoms with Gasteiger partial charge in [0.2, 0.25) is 11.8 Å². The first kappa shape index (κ1) is 30.2. The first-order valence-corrected chi connectivity index (χ1v) is 14.6. The Hall–Kier alpha value is -2.30. The third kappa shape index (κ3) is 5.36. The highest BCUT2D eigenvalue weighted by molar-refractivity contribution is 6.31. The molecule has 0 aromatic heterocycles. The van der Waals surface area contributed by atoms with Crippen LogP contribution in [0.4, 0.5) is 14.5 Å². The Kier molecular flexibility index (Phi) is 8.15. The van der Waals surface area contributed by atoms with Crippen LogP contribution in [0.3, 0.4) is 0 Å². The lowest BCUT2D eigenvalue weighted by Gasteiger charge is -2.37. The molecule has 11 heteroatoms. The van der Waals surface area contributed by atoms with Crippen molar-refractivity contribution in [2.75, 3.05) is 11.9 Å². The highest BCUT2D eigenvalue weighted by Gasteiger charge is 2.66. The number of amides is 2. The molecular weight excluding hydrogens is 575 g/mol. The predicted octanol–water partition coefficient (Wildman–Crippen LogP) is 4.66. The molecule has 5 N–H and O–H groups in total. The lowest BCUT2D eigenvalue weighted by molar-refractivity contribution is -0.123. The van der Waals surface area contributed by atoms with Crippen LogP contribution in [0.2, 0.25) is 10.0 Å². The van der Waals surface area contributed by atoms with Gasteiger partial charge in [0, 0.05) is 24.2 Å². The van der Waals surface area contributed by atoms with Gasteiger partial charge in [-0.1, -0.05) is 56.1 Å². The average molecular weight is 611 g/mol. The van der Waals surface area contributed by atoms with E-state index in [9.17, 15) is 24.2 Å². The van der Waals surface area contributed by atoms with Crippen LogP contribution in [0.1, 0.15) is 63.5 Å². The van der Waals surface area contributed by atoms with Gasteiger partial charge in [0.05, 0.1) is 28.3 Å². The van der Waals surface area contributed by atoms with Crippen LogP contribution in [-0.2, 0) is 15.0 Å². The van der Waals surface area contributed by atoms with E-state index in [1.165, 1.54) is 24.3 Å². The molecule has 5 rings (SSSR count). The van der Waals surface area contributed by atoms with Gasteiger partial charge in [0.1, 0.15) is 17.0 Å². The summed E-state index contributed by atoms with van der Waals surface area (Å²) in [5.74, 6) is -3.44. The number of halogens is 4. The SMILES string of the molecule is CC(C)(C)C[C@H]1N[C@@H](C(=O)NCCC2C[C@H](O)[C@@H](O)C2)[C@H](c2cccc(Cl)c2F)[C@@]12C(=O)Nc1cc(Cl)c(F)cc12. The lowest BCUT2D eigenvalue weighted by Crippen LogP contribution is -2.49. The van der Waals surface area contributed by atoms with Gasteiger partial charge < -0.3 is 26.2 Å².